The molecule has 17 heavy (non-hydrogen) atoms. The molecule has 0 aromatic carbocycles. The maximum absolute atomic E-state index is 12.0. The van der Waals surface area contributed by atoms with E-state index in [1.165, 1.54) is 13.8 Å². The third-order valence-electron chi connectivity index (χ3n) is 3.32. The Kier molecular flexibility index (Phi) is 3.41. The summed E-state index contributed by atoms with van der Waals surface area (Å²) in [5.74, 6) is -1.49. The molecule has 0 aromatic heterocycles. The predicted molar refractivity (Wildman–Crippen MR) is 63.3 cm³/mol. The van der Waals surface area contributed by atoms with Crippen LogP contribution in [0.25, 0.3) is 0 Å². The molecular weight excluding hydrogens is 220 g/mol. The van der Waals surface area contributed by atoms with Gasteiger partial charge < -0.3 is 9.84 Å². The van der Waals surface area contributed by atoms with Crippen LogP contribution in [0.4, 0.5) is 0 Å². The number of ketones is 1. The Morgan fingerprint density at radius 3 is 2.06 bits per heavy atom. The third kappa shape index (κ3) is 2.68. The Hall–Kier alpha value is -0.900. The topological polar surface area (TPSA) is 63.6 Å². The van der Waals surface area contributed by atoms with Crippen molar-refractivity contribution in [3.05, 3.63) is 0 Å². The summed E-state index contributed by atoms with van der Waals surface area (Å²) < 4.78 is 5.13. The molecule has 1 rings (SSSR count). The Morgan fingerprint density at radius 1 is 1.24 bits per heavy atom. The van der Waals surface area contributed by atoms with E-state index in [-0.39, 0.29) is 17.9 Å². The van der Waals surface area contributed by atoms with Crippen molar-refractivity contribution in [3.8, 4) is 0 Å². The van der Waals surface area contributed by atoms with E-state index in [4.69, 9.17) is 4.74 Å². The highest BCUT2D eigenvalue weighted by atomic mass is 16.5. The van der Waals surface area contributed by atoms with Gasteiger partial charge in [-0.3, -0.25) is 9.59 Å². The number of hydrogen-bond donors (Lipinski definition) is 1. The first kappa shape index (κ1) is 14.2. The molecule has 0 aromatic rings. The van der Waals surface area contributed by atoms with Crippen molar-refractivity contribution >= 4 is 11.8 Å². The monoisotopic (exact) mass is 242 g/mol. The van der Waals surface area contributed by atoms with Gasteiger partial charge >= 0.3 is 5.97 Å². The molecule has 1 aliphatic rings. The van der Waals surface area contributed by atoms with Gasteiger partial charge in [-0.05, 0) is 33.1 Å². The van der Waals surface area contributed by atoms with Crippen LogP contribution in [0.15, 0.2) is 0 Å². The fourth-order valence-corrected chi connectivity index (χ4v) is 2.25. The minimum Gasteiger partial charge on any atom is -0.463 e. The summed E-state index contributed by atoms with van der Waals surface area (Å²) >= 11 is 0. The van der Waals surface area contributed by atoms with Crippen molar-refractivity contribution < 1.29 is 19.4 Å². The second-order valence-corrected chi connectivity index (χ2v) is 6.19. The van der Waals surface area contributed by atoms with Crippen molar-refractivity contribution in [3.63, 3.8) is 0 Å². The van der Waals surface area contributed by atoms with Crippen LogP contribution in [0, 0.1) is 17.3 Å². The summed E-state index contributed by atoms with van der Waals surface area (Å²) in [6, 6.07) is 0. The van der Waals surface area contributed by atoms with Crippen LogP contribution in [0.2, 0.25) is 0 Å². The first-order valence-electron chi connectivity index (χ1n) is 5.96. The molecule has 1 fully saturated rings. The fraction of sp³-hybridized carbons (Fsp3) is 0.846. The molecule has 0 radical (unpaired) electrons. The molecule has 1 aliphatic carbocycles. The minimum absolute atomic E-state index is 0.184. The molecule has 0 amide bonds. The minimum atomic E-state index is -1.39. The fourth-order valence-electron chi connectivity index (χ4n) is 2.25. The quantitative estimate of drug-likeness (QED) is 0.760. The molecule has 0 saturated heterocycles. The van der Waals surface area contributed by atoms with Crippen LogP contribution in [0.1, 0.15) is 41.5 Å². The summed E-state index contributed by atoms with van der Waals surface area (Å²) in [5, 5.41) is 9.71. The molecule has 4 nitrogen and oxygen atoms in total. The van der Waals surface area contributed by atoms with Crippen LogP contribution in [0.3, 0.4) is 0 Å². The Labute approximate surface area is 102 Å². The molecule has 1 saturated carbocycles. The lowest BCUT2D eigenvalue weighted by Gasteiger charge is -2.16. The van der Waals surface area contributed by atoms with E-state index < -0.39 is 22.9 Å². The molecule has 4 heteroatoms. The average Bonchev–Trinajstić information content (AvgIpc) is 2.64. The van der Waals surface area contributed by atoms with Crippen molar-refractivity contribution in [2.75, 3.05) is 0 Å². The van der Waals surface area contributed by atoms with E-state index in [0.29, 0.717) is 0 Å². The van der Waals surface area contributed by atoms with Gasteiger partial charge in [-0.2, -0.15) is 0 Å². The molecular formula is C13H22O4. The second kappa shape index (κ2) is 4.09. The van der Waals surface area contributed by atoms with Crippen LogP contribution in [-0.2, 0) is 14.3 Å². The highest BCUT2D eigenvalue weighted by Crippen LogP contribution is 2.60. The van der Waals surface area contributed by atoms with Crippen LogP contribution >= 0.6 is 0 Å². The zero-order valence-electron chi connectivity index (χ0n) is 11.4. The lowest BCUT2D eigenvalue weighted by atomic mass is 9.95. The van der Waals surface area contributed by atoms with Crippen LogP contribution in [0.5, 0.6) is 0 Å². The van der Waals surface area contributed by atoms with Gasteiger partial charge in [0.15, 0.2) is 5.78 Å². The van der Waals surface area contributed by atoms with Gasteiger partial charge in [-0.25, -0.2) is 0 Å². The summed E-state index contributed by atoms with van der Waals surface area (Å²) in [6.45, 7) is 10.2. The third-order valence-corrected chi connectivity index (χ3v) is 3.32. The van der Waals surface area contributed by atoms with Gasteiger partial charge in [0.25, 0.3) is 0 Å². The van der Waals surface area contributed by atoms with Crippen molar-refractivity contribution in [1.29, 1.82) is 0 Å². The number of esters is 1. The number of ether oxygens (including phenoxy) is 1. The van der Waals surface area contributed by atoms with E-state index in [0.717, 1.165) is 0 Å². The van der Waals surface area contributed by atoms with E-state index in [2.05, 4.69) is 0 Å². The lowest BCUT2D eigenvalue weighted by molar-refractivity contribution is -0.151. The van der Waals surface area contributed by atoms with E-state index in [1.54, 1.807) is 13.8 Å². The van der Waals surface area contributed by atoms with E-state index in [1.807, 2.05) is 13.8 Å². The molecule has 0 bridgehead atoms. The molecule has 0 aliphatic heterocycles. The van der Waals surface area contributed by atoms with Gasteiger partial charge in [0, 0.05) is 5.92 Å². The first-order chi connectivity index (χ1) is 7.49. The molecule has 1 N–H and O–H groups in total. The van der Waals surface area contributed by atoms with Gasteiger partial charge in [0.2, 0.25) is 0 Å². The predicted octanol–water partition coefficient (Wildman–Crippen LogP) is 1.55. The number of carbonyl (C=O) groups is 2. The first-order valence-corrected chi connectivity index (χ1v) is 5.96. The summed E-state index contributed by atoms with van der Waals surface area (Å²) in [7, 11) is 0. The summed E-state index contributed by atoms with van der Waals surface area (Å²) in [6.07, 6.45) is -0.184. The molecule has 98 valence electrons. The van der Waals surface area contributed by atoms with Gasteiger partial charge in [0.05, 0.1) is 12.0 Å². The molecule has 2 unspecified atom stereocenters. The number of rotatable bonds is 4. The average molecular weight is 242 g/mol. The zero-order chi connectivity index (χ0) is 13.6. The molecule has 2 atom stereocenters. The van der Waals surface area contributed by atoms with Crippen molar-refractivity contribution in [2.24, 2.45) is 17.3 Å². The Bertz CT molecular complexity index is 336. The van der Waals surface area contributed by atoms with Gasteiger partial charge in [-0.15, -0.1) is 0 Å². The maximum Gasteiger partial charge on any atom is 0.310 e. The second-order valence-electron chi connectivity index (χ2n) is 6.19. The van der Waals surface area contributed by atoms with E-state index >= 15 is 0 Å². The van der Waals surface area contributed by atoms with Crippen LogP contribution in [-0.4, -0.2) is 28.6 Å². The number of aliphatic hydroxyl groups is 1. The summed E-state index contributed by atoms with van der Waals surface area (Å²) in [4.78, 5) is 23.8. The normalized spacial score (nSPS) is 26.8. The largest absolute Gasteiger partial charge is 0.463 e. The molecule has 0 heterocycles. The maximum atomic E-state index is 12.0. The number of Topliss-reactive ketones (excluding diaryl/α,β-unsaturated/α-hetero) is 1. The Morgan fingerprint density at radius 2 is 1.71 bits per heavy atom. The standard InChI is InChI=1S/C13H22O4/c1-7(2)17-11(15)9-8(12(9,3)4)10(14)13(5,6)16/h7-9,16H,1-6H3. The number of carbonyl (C=O) groups excluding carboxylic acids is 2. The Balaban J connectivity index is 2.79. The smallest absolute Gasteiger partial charge is 0.310 e. The highest BCUT2D eigenvalue weighted by Gasteiger charge is 2.67. The summed E-state index contributed by atoms with van der Waals surface area (Å²) in [5.41, 5.74) is -1.81. The van der Waals surface area contributed by atoms with Crippen LogP contribution < -0.4 is 0 Å². The van der Waals surface area contributed by atoms with E-state index in [9.17, 15) is 14.7 Å². The highest BCUT2D eigenvalue weighted by molar-refractivity contribution is 5.97. The van der Waals surface area contributed by atoms with Gasteiger partial charge in [0.1, 0.15) is 5.60 Å². The SMILES string of the molecule is CC(C)OC(=O)C1C(C(=O)C(C)(C)O)C1(C)C. The number of hydrogen-bond acceptors (Lipinski definition) is 4. The lowest BCUT2D eigenvalue weighted by Crippen LogP contribution is -2.34. The zero-order valence-corrected chi connectivity index (χ0v) is 11.4. The molecule has 0 spiro atoms. The van der Waals surface area contributed by atoms with Crippen molar-refractivity contribution in [1.82, 2.24) is 0 Å². The van der Waals surface area contributed by atoms with Gasteiger partial charge in [-0.1, -0.05) is 13.8 Å². The van der Waals surface area contributed by atoms with Crippen molar-refractivity contribution in [2.45, 2.75) is 53.2 Å².